The number of nitriles is 2. The molecule has 0 saturated heterocycles. The highest BCUT2D eigenvalue weighted by Crippen LogP contribution is 2.37. The number of anilines is 1. The van der Waals surface area contributed by atoms with Gasteiger partial charge in [0.2, 0.25) is 0 Å². The van der Waals surface area contributed by atoms with Crippen LogP contribution in [0.25, 0.3) is 6.08 Å². The molecule has 0 unspecified atom stereocenters. The van der Waals surface area contributed by atoms with E-state index in [4.69, 9.17) is 37.9 Å². The molecule has 6 nitrogen and oxygen atoms in total. The van der Waals surface area contributed by atoms with E-state index in [1.807, 2.05) is 12.1 Å². The molecular weight excluding hydrogens is 469 g/mol. The smallest absolute Gasteiger partial charge is 0.266 e. The third kappa shape index (κ3) is 5.17. The number of hydrogen-bond donors (Lipinski definition) is 1. The maximum Gasteiger partial charge on any atom is 0.266 e. The van der Waals surface area contributed by atoms with E-state index < -0.39 is 5.91 Å². The van der Waals surface area contributed by atoms with Crippen LogP contribution in [0.4, 0.5) is 5.69 Å². The fraction of sp³-hybridized carbons (Fsp3) is 0.105. The first-order valence-electron chi connectivity index (χ1n) is 7.65. The Bertz CT molecular complexity index is 1030. The van der Waals surface area contributed by atoms with Gasteiger partial charge in [0.05, 0.1) is 27.3 Å². The molecule has 0 atom stereocenters. The Labute approximate surface area is 180 Å². The van der Waals surface area contributed by atoms with Crippen LogP contribution < -0.4 is 14.8 Å². The van der Waals surface area contributed by atoms with Crippen molar-refractivity contribution < 1.29 is 14.3 Å². The van der Waals surface area contributed by atoms with Gasteiger partial charge in [-0.25, -0.2) is 0 Å². The van der Waals surface area contributed by atoms with Crippen LogP contribution in [0, 0.1) is 22.7 Å². The number of carbonyl (C=O) groups is 1. The lowest BCUT2D eigenvalue weighted by Gasteiger charge is -2.12. The Kier molecular flexibility index (Phi) is 7.71. The van der Waals surface area contributed by atoms with Crippen molar-refractivity contribution >= 4 is 56.8 Å². The molecule has 1 N–H and O–H groups in total. The first kappa shape index (κ1) is 21.6. The lowest BCUT2D eigenvalue weighted by Crippen LogP contribution is -2.13. The normalized spacial score (nSPS) is 10.6. The predicted octanol–water partition coefficient (Wildman–Crippen LogP) is 5.21. The minimum Gasteiger partial charge on any atom is -0.493 e. The molecule has 0 spiro atoms. The topological polar surface area (TPSA) is 95.1 Å². The molecule has 0 aliphatic heterocycles. The fourth-order valence-corrected chi connectivity index (χ4v) is 3.09. The third-order valence-electron chi connectivity index (χ3n) is 3.41. The van der Waals surface area contributed by atoms with Crippen LogP contribution in [0.15, 0.2) is 40.4 Å². The largest absolute Gasteiger partial charge is 0.493 e. The SMILES string of the molecule is COc1cc(/C=C(/C#N)C(=O)Nc2cccc(Cl)c2Cl)cc(Br)c1OCC#N. The van der Waals surface area contributed by atoms with Gasteiger partial charge in [0.15, 0.2) is 18.1 Å². The predicted molar refractivity (Wildman–Crippen MR) is 110 cm³/mol. The van der Waals surface area contributed by atoms with Gasteiger partial charge in [0, 0.05) is 0 Å². The summed E-state index contributed by atoms with van der Waals surface area (Å²) in [6, 6.07) is 11.7. The molecule has 28 heavy (non-hydrogen) atoms. The van der Waals surface area contributed by atoms with Crippen molar-refractivity contribution in [2.45, 2.75) is 0 Å². The number of amides is 1. The molecule has 0 heterocycles. The number of halogens is 3. The van der Waals surface area contributed by atoms with Crippen LogP contribution >= 0.6 is 39.1 Å². The monoisotopic (exact) mass is 479 g/mol. The van der Waals surface area contributed by atoms with Crippen molar-refractivity contribution in [3.63, 3.8) is 0 Å². The Morgan fingerprint density at radius 3 is 2.71 bits per heavy atom. The van der Waals surface area contributed by atoms with E-state index in [2.05, 4.69) is 21.2 Å². The van der Waals surface area contributed by atoms with Gasteiger partial charge in [-0.15, -0.1) is 0 Å². The average molecular weight is 481 g/mol. The molecule has 0 aliphatic carbocycles. The summed E-state index contributed by atoms with van der Waals surface area (Å²) in [6.07, 6.45) is 1.38. The van der Waals surface area contributed by atoms with Crippen LogP contribution in [-0.2, 0) is 4.79 Å². The van der Waals surface area contributed by atoms with Gasteiger partial charge in [-0.1, -0.05) is 29.3 Å². The molecule has 0 aromatic heterocycles. The highest BCUT2D eigenvalue weighted by atomic mass is 79.9. The second-order valence-corrected chi connectivity index (χ2v) is 6.85. The van der Waals surface area contributed by atoms with E-state index in [9.17, 15) is 10.1 Å². The summed E-state index contributed by atoms with van der Waals surface area (Å²) < 4.78 is 11.1. The second kappa shape index (κ2) is 10.0. The molecule has 9 heteroatoms. The minimum atomic E-state index is -0.647. The summed E-state index contributed by atoms with van der Waals surface area (Å²) in [5.41, 5.74) is 0.645. The molecule has 0 saturated carbocycles. The summed E-state index contributed by atoms with van der Waals surface area (Å²) in [4.78, 5) is 12.5. The maximum absolute atomic E-state index is 12.5. The van der Waals surface area contributed by atoms with Gasteiger partial charge in [-0.2, -0.15) is 10.5 Å². The van der Waals surface area contributed by atoms with Crippen LogP contribution in [0.1, 0.15) is 5.56 Å². The van der Waals surface area contributed by atoms with Crippen molar-refractivity contribution in [2.24, 2.45) is 0 Å². The second-order valence-electron chi connectivity index (χ2n) is 5.21. The van der Waals surface area contributed by atoms with Crippen molar-refractivity contribution in [3.05, 3.63) is 56.0 Å². The Morgan fingerprint density at radius 1 is 1.32 bits per heavy atom. The Hall–Kier alpha value is -2.71. The number of methoxy groups -OCH3 is 1. The number of nitrogens with one attached hydrogen (secondary N) is 1. The van der Waals surface area contributed by atoms with Crippen molar-refractivity contribution in [1.82, 2.24) is 0 Å². The first-order valence-corrected chi connectivity index (χ1v) is 9.20. The number of hydrogen-bond acceptors (Lipinski definition) is 5. The lowest BCUT2D eigenvalue weighted by atomic mass is 10.1. The van der Waals surface area contributed by atoms with Gasteiger partial charge in [0.25, 0.3) is 5.91 Å². The number of nitrogens with zero attached hydrogens (tertiary/aromatic N) is 2. The summed E-state index contributed by atoms with van der Waals surface area (Å²) >= 11 is 15.3. The average Bonchev–Trinajstić information content (AvgIpc) is 2.68. The van der Waals surface area contributed by atoms with E-state index in [0.29, 0.717) is 27.2 Å². The van der Waals surface area contributed by atoms with Crippen molar-refractivity contribution in [2.75, 3.05) is 19.0 Å². The summed E-state index contributed by atoms with van der Waals surface area (Å²) in [5, 5.41) is 21.1. The molecular formula is C19H12BrCl2N3O3. The van der Waals surface area contributed by atoms with Gasteiger partial charge in [0.1, 0.15) is 17.7 Å². The van der Waals surface area contributed by atoms with Crippen LogP contribution in [0.3, 0.4) is 0 Å². The van der Waals surface area contributed by atoms with Gasteiger partial charge in [-0.3, -0.25) is 4.79 Å². The molecule has 1 amide bonds. The van der Waals surface area contributed by atoms with Crippen LogP contribution in [0.5, 0.6) is 11.5 Å². The summed E-state index contributed by atoms with van der Waals surface area (Å²) in [6.45, 7) is -0.156. The number of carbonyl (C=O) groups excluding carboxylic acids is 1. The van der Waals surface area contributed by atoms with E-state index in [1.54, 1.807) is 30.3 Å². The highest BCUT2D eigenvalue weighted by molar-refractivity contribution is 9.10. The summed E-state index contributed by atoms with van der Waals surface area (Å²) in [7, 11) is 1.44. The molecule has 142 valence electrons. The zero-order valence-corrected chi connectivity index (χ0v) is 17.5. The fourth-order valence-electron chi connectivity index (χ4n) is 2.17. The summed E-state index contributed by atoms with van der Waals surface area (Å²) in [5.74, 6) is 0.0351. The molecule has 0 radical (unpaired) electrons. The van der Waals surface area contributed by atoms with Crippen LogP contribution in [-0.4, -0.2) is 19.6 Å². The quantitative estimate of drug-likeness (QED) is 0.452. The van der Waals surface area contributed by atoms with Crippen molar-refractivity contribution in [1.29, 1.82) is 10.5 Å². The van der Waals surface area contributed by atoms with E-state index in [-0.39, 0.29) is 22.2 Å². The van der Waals surface area contributed by atoms with E-state index >= 15 is 0 Å². The van der Waals surface area contributed by atoms with Gasteiger partial charge >= 0.3 is 0 Å². The van der Waals surface area contributed by atoms with E-state index in [0.717, 1.165) is 0 Å². The number of rotatable bonds is 6. The minimum absolute atomic E-state index is 0.156. The zero-order valence-electron chi connectivity index (χ0n) is 14.4. The van der Waals surface area contributed by atoms with Gasteiger partial charge in [-0.05, 0) is 51.8 Å². The number of ether oxygens (including phenoxy) is 2. The van der Waals surface area contributed by atoms with Crippen molar-refractivity contribution in [3.8, 4) is 23.6 Å². The first-order chi connectivity index (χ1) is 13.4. The molecule has 2 aromatic carbocycles. The Balaban J connectivity index is 2.34. The molecule has 2 rings (SSSR count). The highest BCUT2D eigenvalue weighted by Gasteiger charge is 2.15. The third-order valence-corrected chi connectivity index (χ3v) is 4.82. The molecule has 0 bridgehead atoms. The van der Waals surface area contributed by atoms with E-state index in [1.165, 1.54) is 13.2 Å². The molecule has 0 fully saturated rings. The molecule has 0 aliphatic rings. The van der Waals surface area contributed by atoms with Gasteiger partial charge < -0.3 is 14.8 Å². The standard InChI is InChI=1S/C19H12BrCl2N3O3/c1-27-16-9-11(8-13(20)18(16)28-6-5-23)7-12(10-24)19(26)25-15-4-2-3-14(21)17(15)22/h2-4,7-9H,6H2,1H3,(H,25,26)/b12-7-. The number of benzene rings is 2. The lowest BCUT2D eigenvalue weighted by molar-refractivity contribution is -0.112. The molecule has 2 aromatic rings. The maximum atomic E-state index is 12.5. The zero-order chi connectivity index (χ0) is 20.7. The Morgan fingerprint density at radius 2 is 2.07 bits per heavy atom. The van der Waals surface area contributed by atoms with Crippen LogP contribution in [0.2, 0.25) is 10.0 Å².